The standard InChI is InChI=1S/C28H30F6N6O6/c1-17(46-22-13-37-40(25(43)23(22)28(32,33)34)14-18-3-5-20(44-2)6-4-18)15-45-16-21(41)24(42)38-7-9-39(10-8-38)26-35-11-19(12-36-26)27(29,30)31/h3-6,11-13,17,21,41H,7-10,14-16H2,1-2H3. The third-order valence-electron chi connectivity index (χ3n) is 6.87. The predicted molar refractivity (Wildman–Crippen MR) is 148 cm³/mol. The molecule has 3 aromatic rings. The van der Waals surface area contributed by atoms with E-state index in [-0.39, 0.29) is 45.3 Å². The molecule has 2 atom stereocenters. The van der Waals surface area contributed by atoms with Gasteiger partial charge in [0, 0.05) is 38.6 Å². The molecule has 1 aliphatic rings. The van der Waals surface area contributed by atoms with E-state index in [4.69, 9.17) is 14.2 Å². The van der Waals surface area contributed by atoms with Crippen LogP contribution in [0.4, 0.5) is 32.3 Å². The average molecular weight is 661 g/mol. The van der Waals surface area contributed by atoms with Crippen molar-refractivity contribution in [2.45, 2.75) is 38.0 Å². The van der Waals surface area contributed by atoms with Crippen molar-refractivity contribution < 1.29 is 50.5 Å². The topological polar surface area (TPSA) is 132 Å². The van der Waals surface area contributed by atoms with E-state index in [1.807, 2.05) is 0 Å². The first-order valence-corrected chi connectivity index (χ1v) is 13.8. The highest BCUT2D eigenvalue weighted by Gasteiger charge is 2.39. The number of aliphatic hydroxyl groups is 1. The Bertz CT molecular complexity index is 1530. The number of hydrogen-bond acceptors (Lipinski definition) is 10. The van der Waals surface area contributed by atoms with Gasteiger partial charge in [-0.25, -0.2) is 14.6 Å². The van der Waals surface area contributed by atoms with Crippen LogP contribution in [0.5, 0.6) is 11.5 Å². The van der Waals surface area contributed by atoms with Gasteiger partial charge in [-0.2, -0.15) is 31.4 Å². The number of methoxy groups -OCH3 is 1. The van der Waals surface area contributed by atoms with Gasteiger partial charge < -0.3 is 29.1 Å². The average Bonchev–Trinajstić information content (AvgIpc) is 3.01. The fourth-order valence-electron chi connectivity index (χ4n) is 4.48. The van der Waals surface area contributed by atoms with Crippen molar-refractivity contribution in [2.24, 2.45) is 0 Å². The largest absolute Gasteiger partial charge is 0.497 e. The minimum atomic E-state index is -5.05. The fraction of sp³-hybridized carbons (Fsp3) is 0.464. The number of aromatic nitrogens is 4. The van der Waals surface area contributed by atoms with Gasteiger partial charge in [-0.05, 0) is 24.6 Å². The molecule has 2 unspecified atom stereocenters. The third kappa shape index (κ3) is 8.63. The van der Waals surface area contributed by atoms with Crippen molar-refractivity contribution in [3.8, 4) is 11.5 Å². The number of rotatable bonds is 11. The van der Waals surface area contributed by atoms with E-state index in [9.17, 15) is 41.0 Å². The Labute approximate surface area is 258 Å². The monoisotopic (exact) mass is 660 g/mol. The highest BCUT2D eigenvalue weighted by Crippen LogP contribution is 2.33. The molecule has 46 heavy (non-hydrogen) atoms. The van der Waals surface area contributed by atoms with Crippen molar-refractivity contribution in [1.82, 2.24) is 24.6 Å². The lowest BCUT2D eigenvalue weighted by molar-refractivity contribution is -0.145. The number of alkyl halides is 6. The first-order chi connectivity index (χ1) is 21.7. The Kier molecular flexibility index (Phi) is 10.7. The molecule has 12 nitrogen and oxygen atoms in total. The molecule has 0 bridgehead atoms. The molecule has 0 saturated carbocycles. The van der Waals surface area contributed by atoms with Crippen LogP contribution in [0.25, 0.3) is 0 Å². The Morgan fingerprint density at radius 2 is 1.59 bits per heavy atom. The molecule has 4 rings (SSSR count). The summed E-state index contributed by atoms with van der Waals surface area (Å²) in [5, 5.41) is 14.1. The maximum atomic E-state index is 13.9. The Balaban J connectivity index is 1.27. The van der Waals surface area contributed by atoms with Gasteiger partial charge in [-0.3, -0.25) is 9.59 Å². The van der Waals surface area contributed by atoms with Crippen molar-refractivity contribution >= 4 is 11.9 Å². The quantitative estimate of drug-likeness (QED) is 0.306. The SMILES string of the molecule is COc1ccc(Cn2ncc(OC(C)COCC(O)C(=O)N3CCN(c4ncc(C(F)(F)F)cn4)CC3)c(C(F)(F)F)c2=O)cc1. The fourth-order valence-corrected chi connectivity index (χ4v) is 4.48. The van der Waals surface area contributed by atoms with E-state index in [1.54, 1.807) is 29.2 Å². The number of halogens is 6. The van der Waals surface area contributed by atoms with Crippen LogP contribution in [0.2, 0.25) is 0 Å². The zero-order chi connectivity index (χ0) is 33.6. The second kappa shape index (κ2) is 14.3. The van der Waals surface area contributed by atoms with Crippen LogP contribution in [-0.2, 0) is 28.4 Å². The minimum absolute atomic E-state index is 0.0661. The van der Waals surface area contributed by atoms with Gasteiger partial charge in [0.2, 0.25) is 5.95 Å². The summed E-state index contributed by atoms with van der Waals surface area (Å²) in [5.74, 6) is -0.877. The molecule has 0 aliphatic carbocycles. The Hall–Kier alpha value is -4.45. The van der Waals surface area contributed by atoms with E-state index in [0.29, 0.717) is 28.4 Å². The lowest BCUT2D eigenvalue weighted by Gasteiger charge is -2.35. The number of benzene rings is 1. The maximum absolute atomic E-state index is 13.9. The number of carbonyl (C=O) groups is 1. The van der Waals surface area contributed by atoms with Gasteiger partial charge in [0.25, 0.3) is 11.5 Å². The molecule has 1 aliphatic heterocycles. The van der Waals surface area contributed by atoms with Crippen LogP contribution in [-0.4, -0.2) is 94.4 Å². The molecular formula is C28H30F6N6O6. The number of anilines is 1. The summed E-state index contributed by atoms with van der Waals surface area (Å²) in [4.78, 5) is 35.8. The zero-order valence-corrected chi connectivity index (χ0v) is 24.6. The van der Waals surface area contributed by atoms with E-state index in [2.05, 4.69) is 15.1 Å². The van der Waals surface area contributed by atoms with Crippen LogP contribution in [0.1, 0.15) is 23.6 Å². The molecule has 250 valence electrons. The lowest BCUT2D eigenvalue weighted by Crippen LogP contribution is -2.52. The summed E-state index contributed by atoms with van der Waals surface area (Å²) >= 11 is 0. The van der Waals surface area contributed by atoms with Gasteiger partial charge in [0.15, 0.2) is 17.4 Å². The predicted octanol–water partition coefficient (Wildman–Crippen LogP) is 2.62. The van der Waals surface area contributed by atoms with E-state index >= 15 is 0 Å². The minimum Gasteiger partial charge on any atom is -0.497 e. The summed E-state index contributed by atoms with van der Waals surface area (Å²) in [5.41, 5.74) is -3.42. The van der Waals surface area contributed by atoms with Crippen LogP contribution >= 0.6 is 0 Å². The van der Waals surface area contributed by atoms with Crippen molar-refractivity contribution in [1.29, 1.82) is 0 Å². The van der Waals surface area contributed by atoms with E-state index < -0.39 is 59.5 Å². The number of carbonyl (C=O) groups excluding carboxylic acids is 1. The smallest absolute Gasteiger partial charge is 0.425 e. The molecule has 1 N–H and O–H groups in total. The number of ether oxygens (including phenoxy) is 3. The molecule has 1 fully saturated rings. The molecule has 2 aromatic heterocycles. The van der Waals surface area contributed by atoms with Crippen LogP contribution < -0.4 is 19.9 Å². The highest BCUT2D eigenvalue weighted by atomic mass is 19.4. The number of nitrogens with zero attached hydrogens (tertiary/aromatic N) is 6. The van der Waals surface area contributed by atoms with Gasteiger partial charge in [-0.1, -0.05) is 12.1 Å². The van der Waals surface area contributed by atoms with E-state index in [0.717, 1.165) is 6.20 Å². The number of hydrogen-bond donors (Lipinski definition) is 1. The van der Waals surface area contributed by atoms with Crippen LogP contribution in [0, 0.1) is 0 Å². The Morgan fingerprint density at radius 3 is 2.15 bits per heavy atom. The molecule has 18 heteroatoms. The normalized spacial score (nSPS) is 15.4. The molecule has 0 spiro atoms. The summed E-state index contributed by atoms with van der Waals surface area (Å²) in [6.45, 7) is 0.953. The van der Waals surface area contributed by atoms with E-state index in [1.165, 1.54) is 18.9 Å². The molecular weight excluding hydrogens is 630 g/mol. The first-order valence-electron chi connectivity index (χ1n) is 13.8. The second-order valence-corrected chi connectivity index (χ2v) is 10.3. The van der Waals surface area contributed by atoms with Gasteiger partial charge >= 0.3 is 12.4 Å². The first kappa shape index (κ1) is 34.4. The number of aliphatic hydroxyl groups excluding tert-OH is 1. The molecule has 1 saturated heterocycles. The lowest BCUT2D eigenvalue weighted by atomic mass is 10.2. The molecule has 1 aromatic carbocycles. The van der Waals surface area contributed by atoms with Crippen LogP contribution in [0.15, 0.2) is 47.7 Å². The zero-order valence-electron chi connectivity index (χ0n) is 24.6. The van der Waals surface area contributed by atoms with Crippen molar-refractivity contribution in [3.63, 3.8) is 0 Å². The third-order valence-corrected chi connectivity index (χ3v) is 6.87. The van der Waals surface area contributed by atoms with Crippen molar-refractivity contribution in [3.05, 3.63) is 69.9 Å². The van der Waals surface area contributed by atoms with Crippen LogP contribution in [0.3, 0.4) is 0 Å². The highest BCUT2D eigenvalue weighted by molar-refractivity contribution is 5.81. The second-order valence-electron chi connectivity index (χ2n) is 10.3. The maximum Gasteiger partial charge on any atom is 0.425 e. The van der Waals surface area contributed by atoms with Gasteiger partial charge in [0.05, 0.1) is 38.6 Å². The molecule has 0 radical (unpaired) electrons. The van der Waals surface area contributed by atoms with Crippen molar-refractivity contribution in [2.75, 3.05) is 51.4 Å². The number of amides is 1. The molecule has 1 amide bonds. The van der Waals surface area contributed by atoms with Gasteiger partial charge in [0.1, 0.15) is 11.9 Å². The summed E-state index contributed by atoms with van der Waals surface area (Å²) in [6.07, 6.45) is -10.1. The summed E-state index contributed by atoms with van der Waals surface area (Å²) < 4.78 is 96.2. The van der Waals surface area contributed by atoms with Gasteiger partial charge in [-0.15, -0.1) is 0 Å². The Morgan fingerprint density at radius 1 is 0.957 bits per heavy atom. The summed E-state index contributed by atoms with van der Waals surface area (Å²) in [6, 6.07) is 6.36. The molecule has 3 heterocycles. The summed E-state index contributed by atoms with van der Waals surface area (Å²) in [7, 11) is 1.46. The number of piperazine rings is 1.